The highest BCUT2D eigenvalue weighted by atomic mass is 14.1. The van der Waals surface area contributed by atoms with E-state index in [1.165, 1.54) is 212 Å². The van der Waals surface area contributed by atoms with Crippen LogP contribution in [0, 0.1) is 5.92 Å². The van der Waals surface area contributed by atoms with Gasteiger partial charge in [-0.2, -0.15) is 0 Å². The van der Waals surface area contributed by atoms with Gasteiger partial charge in [-0.15, -0.1) is 0 Å². The molecule has 0 saturated carbocycles. The molecule has 0 N–H and O–H groups in total. The molecule has 0 aromatic carbocycles. The smallest absolute Gasteiger partial charge is 0.0414 e. The van der Waals surface area contributed by atoms with Crippen LogP contribution in [0.15, 0.2) is 0 Å². The average Bonchev–Trinajstić information content (AvgIpc) is 2.91. The predicted molar refractivity (Wildman–Crippen MR) is 173 cm³/mol. The summed E-state index contributed by atoms with van der Waals surface area (Å²) in [6.45, 7) is 6.98. The Labute approximate surface area is 238 Å². The highest BCUT2D eigenvalue weighted by molar-refractivity contribution is 4.62. The molecule has 0 saturated heterocycles. The molecule has 224 valence electrons. The van der Waals surface area contributed by atoms with Crippen LogP contribution in [0.1, 0.15) is 233 Å². The molecule has 0 spiro atoms. The minimum absolute atomic E-state index is 1.04. The molecular weight excluding hydrogens is 444 g/mol. The van der Waals surface area contributed by atoms with E-state index in [1.54, 1.807) is 0 Å². The van der Waals surface area contributed by atoms with Crippen molar-refractivity contribution in [2.75, 3.05) is 0 Å². The molecule has 0 fully saturated rings. The van der Waals surface area contributed by atoms with Crippen LogP contribution in [-0.4, -0.2) is 0 Å². The normalized spacial score (nSPS) is 12.4. The second kappa shape index (κ2) is 34.0. The standard InChI is InChI=1S/C37H76/c1-4-7-10-12-14-16-18-20-22-24-26-28-30-33-36-37(34-31-9-6-3)35-32-29-27-25-23-21-19-17-15-13-11-8-5-2/h37H,4-36H2,1-3H3. The summed E-state index contributed by atoms with van der Waals surface area (Å²) >= 11 is 0. The lowest BCUT2D eigenvalue weighted by Crippen LogP contribution is -2.01. The molecule has 1 unspecified atom stereocenters. The van der Waals surface area contributed by atoms with Crippen molar-refractivity contribution in [1.82, 2.24) is 0 Å². The van der Waals surface area contributed by atoms with Gasteiger partial charge in [-0.25, -0.2) is 0 Å². The van der Waals surface area contributed by atoms with Gasteiger partial charge in [-0.05, 0) is 5.92 Å². The highest BCUT2D eigenvalue weighted by Gasteiger charge is 2.08. The van der Waals surface area contributed by atoms with Gasteiger partial charge in [0.1, 0.15) is 0 Å². The van der Waals surface area contributed by atoms with Gasteiger partial charge in [0.2, 0.25) is 0 Å². The zero-order valence-corrected chi connectivity index (χ0v) is 26.9. The van der Waals surface area contributed by atoms with E-state index in [1.807, 2.05) is 0 Å². The SMILES string of the molecule is CCCCCCCCCCCCCCCCC(CCCCC)CCCCCCCCCCCCCCC. The molecule has 1 atom stereocenters. The Balaban J connectivity index is 3.56. The lowest BCUT2D eigenvalue weighted by molar-refractivity contribution is 0.367. The Hall–Kier alpha value is 0. The van der Waals surface area contributed by atoms with Crippen LogP contribution in [0.2, 0.25) is 0 Å². The second-order valence-corrected chi connectivity index (χ2v) is 12.8. The molecule has 0 amide bonds. The van der Waals surface area contributed by atoms with Gasteiger partial charge in [0.15, 0.2) is 0 Å². The number of rotatable bonds is 33. The first kappa shape index (κ1) is 37.0. The van der Waals surface area contributed by atoms with E-state index in [-0.39, 0.29) is 0 Å². The molecule has 0 aromatic rings. The maximum Gasteiger partial charge on any atom is -0.0414 e. The fourth-order valence-electron chi connectivity index (χ4n) is 6.19. The molecule has 0 nitrogen and oxygen atoms in total. The average molecular weight is 521 g/mol. The van der Waals surface area contributed by atoms with E-state index in [2.05, 4.69) is 20.8 Å². The van der Waals surface area contributed by atoms with Gasteiger partial charge in [0, 0.05) is 0 Å². The molecule has 0 heteroatoms. The van der Waals surface area contributed by atoms with E-state index in [0.29, 0.717) is 0 Å². The number of unbranched alkanes of at least 4 members (excludes halogenated alkanes) is 27. The zero-order valence-electron chi connectivity index (χ0n) is 26.9. The summed E-state index contributed by atoms with van der Waals surface area (Å²) in [6, 6.07) is 0. The van der Waals surface area contributed by atoms with Crippen molar-refractivity contribution < 1.29 is 0 Å². The van der Waals surface area contributed by atoms with Crippen LogP contribution in [0.25, 0.3) is 0 Å². The molecule has 0 heterocycles. The quantitative estimate of drug-likeness (QED) is 0.0754. The van der Waals surface area contributed by atoms with Crippen LogP contribution >= 0.6 is 0 Å². The van der Waals surface area contributed by atoms with E-state index in [0.717, 1.165) is 5.92 Å². The summed E-state index contributed by atoms with van der Waals surface area (Å²) in [5.41, 5.74) is 0. The molecule has 0 aliphatic heterocycles. The first-order valence-electron chi connectivity index (χ1n) is 18.3. The topological polar surface area (TPSA) is 0 Å². The molecule has 0 aliphatic carbocycles. The maximum atomic E-state index is 2.36. The molecule has 0 bridgehead atoms. The fourth-order valence-corrected chi connectivity index (χ4v) is 6.19. The van der Waals surface area contributed by atoms with Crippen molar-refractivity contribution in [2.45, 2.75) is 233 Å². The summed E-state index contributed by atoms with van der Waals surface area (Å²) in [6.07, 6.45) is 48.8. The van der Waals surface area contributed by atoms with Crippen LogP contribution in [-0.2, 0) is 0 Å². The number of hydrogen-bond acceptors (Lipinski definition) is 0. The third kappa shape index (κ3) is 32.1. The Morgan fingerprint density at radius 3 is 0.622 bits per heavy atom. The summed E-state index contributed by atoms with van der Waals surface area (Å²) in [7, 11) is 0. The summed E-state index contributed by atoms with van der Waals surface area (Å²) < 4.78 is 0. The van der Waals surface area contributed by atoms with Gasteiger partial charge in [-0.1, -0.05) is 233 Å². The summed E-state index contributed by atoms with van der Waals surface area (Å²) in [5.74, 6) is 1.04. The van der Waals surface area contributed by atoms with Crippen molar-refractivity contribution in [1.29, 1.82) is 0 Å². The van der Waals surface area contributed by atoms with Gasteiger partial charge >= 0.3 is 0 Å². The monoisotopic (exact) mass is 521 g/mol. The fraction of sp³-hybridized carbons (Fsp3) is 1.00. The van der Waals surface area contributed by atoms with Crippen LogP contribution in [0.3, 0.4) is 0 Å². The van der Waals surface area contributed by atoms with E-state index >= 15 is 0 Å². The zero-order chi connectivity index (χ0) is 26.9. The maximum absolute atomic E-state index is 2.36. The van der Waals surface area contributed by atoms with Gasteiger partial charge in [-0.3, -0.25) is 0 Å². The summed E-state index contributed by atoms with van der Waals surface area (Å²) in [5, 5.41) is 0. The molecule has 0 aliphatic rings. The van der Waals surface area contributed by atoms with Gasteiger partial charge in [0.25, 0.3) is 0 Å². The number of hydrogen-bond donors (Lipinski definition) is 0. The van der Waals surface area contributed by atoms with E-state index in [4.69, 9.17) is 0 Å². The lowest BCUT2D eigenvalue weighted by atomic mass is 9.89. The second-order valence-electron chi connectivity index (χ2n) is 12.8. The Morgan fingerprint density at radius 1 is 0.216 bits per heavy atom. The first-order valence-corrected chi connectivity index (χ1v) is 18.3. The Kier molecular flexibility index (Phi) is 34.0. The molecule has 0 radical (unpaired) electrons. The Bertz CT molecular complexity index is 372. The minimum Gasteiger partial charge on any atom is -0.0654 e. The molecular formula is C37H76. The van der Waals surface area contributed by atoms with E-state index < -0.39 is 0 Å². The van der Waals surface area contributed by atoms with Crippen LogP contribution < -0.4 is 0 Å². The van der Waals surface area contributed by atoms with Crippen molar-refractivity contribution in [2.24, 2.45) is 5.92 Å². The van der Waals surface area contributed by atoms with Crippen molar-refractivity contribution >= 4 is 0 Å². The third-order valence-electron chi connectivity index (χ3n) is 8.90. The van der Waals surface area contributed by atoms with Crippen LogP contribution in [0.5, 0.6) is 0 Å². The highest BCUT2D eigenvalue weighted by Crippen LogP contribution is 2.24. The Morgan fingerprint density at radius 2 is 0.378 bits per heavy atom. The van der Waals surface area contributed by atoms with Gasteiger partial charge in [0.05, 0.1) is 0 Å². The van der Waals surface area contributed by atoms with E-state index in [9.17, 15) is 0 Å². The first-order chi connectivity index (χ1) is 18.3. The minimum atomic E-state index is 1.04. The van der Waals surface area contributed by atoms with Crippen molar-refractivity contribution in [3.8, 4) is 0 Å². The molecule has 37 heavy (non-hydrogen) atoms. The lowest BCUT2D eigenvalue weighted by Gasteiger charge is -2.17. The third-order valence-corrected chi connectivity index (χ3v) is 8.90. The predicted octanol–water partition coefficient (Wildman–Crippen LogP) is 14.5. The summed E-state index contributed by atoms with van der Waals surface area (Å²) in [4.78, 5) is 0. The molecule has 0 aromatic heterocycles. The molecule has 0 rings (SSSR count). The largest absolute Gasteiger partial charge is 0.0654 e. The van der Waals surface area contributed by atoms with Gasteiger partial charge < -0.3 is 0 Å². The van der Waals surface area contributed by atoms with Crippen molar-refractivity contribution in [3.63, 3.8) is 0 Å². The van der Waals surface area contributed by atoms with Crippen molar-refractivity contribution in [3.05, 3.63) is 0 Å². The van der Waals surface area contributed by atoms with Crippen LogP contribution in [0.4, 0.5) is 0 Å².